The van der Waals surface area contributed by atoms with Crippen molar-refractivity contribution < 1.29 is 4.79 Å². The van der Waals surface area contributed by atoms with Crippen LogP contribution in [0.15, 0.2) is 36.7 Å². The topological polar surface area (TPSA) is 45.2 Å². The van der Waals surface area contributed by atoms with Crippen LogP contribution in [0.3, 0.4) is 0 Å². The Morgan fingerprint density at radius 3 is 2.88 bits per heavy atom. The number of pyridine rings is 1. The Kier molecular flexibility index (Phi) is 4.61. The molecular formula is C20H25N3OS. The number of piperidine rings is 1. The van der Waals surface area contributed by atoms with Crippen LogP contribution in [0.5, 0.6) is 0 Å². The molecule has 0 radical (unpaired) electrons. The van der Waals surface area contributed by atoms with Gasteiger partial charge in [-0.15, -0.1) is 11.3 Å². The summed E-state index contributed by atoms with van der Waals surface area (Å²) < 4.78 is 0. The first kappa shape index (κ1) is 16.7. The molecule has 2 aromatic heterocycles. The average Bonchev–Trinajstić information content (AvgIpc) is 3.19. The third-order valence-electron chi connectivity index (χ3n) is 5.72. The van der Waals surface area contributed by atoms with Crippen molar-refractivity contribution in [2.75, 3.05) is 13.1 Å². The van der Waals surface area contributed by atoms with Crippen LogP contribution in [0.2, 0.25) is 0 Å². The monoisotopic (exact) mass is 355 g/mol. The van der Waals surface area contributed by atoms with E-state index in [1.54, 1.807) is 6.20 Å². The predicted octanol–water partition coefficient (Wildman–Crippen LogP) is 3.37. The summed E-state index contributed by atoms with van der Waals surface area (Å²) in [5.74, 6) is 0.446. The van der Waals surface area contributed by atoms with Crippen LogP contribution < -0.4 is 5.32 Å². The number of likely N-dealkylation sites (tertiary alicyclic amines) is 1. The van der Waals surface area contributed by atoms with E-state index in [9.17, 15) is 4.79 Å². The van der Waals surface area contributed by atoms with E-state index in [4.69, 9.17) is 0 Å². The lowest BCUT2D eigenvalue weighted by Crippen LogP contribution is -2.36. The highest BCUT2D eigenvalue weighted by Crippen LogP contribution is 2.59. The second kappa shape index (κ2) is 6.89. The minimum absolute atomic E-state index is 0.218. The van der Waals surface area contributed by atoms with Crippen molar-refractivity contribution in [1.82, 2.24) is 15.2 Å². The Balaban J connectivity index is 1.24. The van der Waals surface area contributed by atoms with Gasteiger partial charge in [-0.3, -0.25) is 14.7 Å². The second-order valence-electron chi connectivity index (χ2n) is 7.49. The van der Waals surface area contributed by atoms with Gasteiger partial charge in [-0.1, -0.05) is 6.07 Å². The van der Waals surface area contributed by atoms with E-state index in [1.165, 1.54) is 9.75 Å². The molecule has 2 aliphatic rings. The first-order valence-corrected chi connectivity index (χ1v) is 9.91. The highest BCUT2D eigenvalue weighted by Gasteiger charge is 2.58. The van der Waals surface area contributed by atoms with Crippen LogP contribution in [0.1, 0.15) is 34.6 Å². The summed E-state index contributed by atoms with van der Waals surface area (Å²) in [7, 11) is 0. The lowest BCUT2D eigenvalue weighted by molar-refractivity contribution is -0.123. The van der Waals surface area contributed by atoms with Gasteiger partial charge < -0.3 is 5.32 Å². The Morgan fingerprint density at radius 2 is 2.20 bits per heavy atom. The minimum atomic E-state index is 0.218. The van der Waals surface area contributed by atoms with Crippen molar-refractivity contribution in [2.24, 2.45) is 11.3 Å². The number of carbonyl (C=O) groups excluding carboxylic acids is 1. The van der Waals surface area contributed by atoms with Crippen molar-refractivity contribution in [3.63, 3.8) is 0 Å². The number of aryl methyl sites for hydroxylation is 1. The zero-order valence-corrected chi connectivity index (χ0v) is 15.5. The maximum Gasteiger partial charge on any atom is 0.223 e. The molecule has 0 aromatic carbocycles. The molecule has 3 heterocycles. The number of nitrogens with zero attached hydrogens (tertiary/aromatic N) is 2. The number of thiophene rings is 1. The molecular weight excluding hydrogens is 330 g/mol. The SMILES string of the molecule is Cc1ccc(CN2CCC3(CC2)CC3C(=O)NCc2cccnc2)s1. The molecule has 1 unspecified atom stereocenters. The highest BCUT2D eigenvalue weighted by molar-refractivity contribution is 7.11. The van der Waals surface area contributed by atoms with E-state index < -0.39 is 0 Å². The third-order valence-corrected chi connectivity index (χ3v) is 6.71. The molecule has 5 heteroatoms. The second-order valence-corrected chi connectivity index (χ2v) is 8.86. The van der Waals surface area contributed by atoms with Crippen molar-refractivity contribution in [3.05, 3.63) is 52.0 Å². The molecule has 1 aliphatic heterocycles. The molecule has 2 aromatic rings. The van der Waals surface area contributed by atoms with Crippen LogP contribution in [-0.2, 0) is 17.9 Å². The summed E-state index contributed by atoms with van der Waals surface area (Å²) >= 11 is 1.90. The van der Waals surface area contributed by atoms with Gasteiger partial charge in [0, 0.05) is 41.2 Å². The van der Waals surface area contributed by atoms with Gasteiger partial charge in [0.05, 0.1) is 0 Å². The zero-order valence-electron chi connectivity index (χ0n) is 14.7. The number of hydrogen-bond donors (Lipinski definition) is 1. The molecule has 4 nitrogen and oxygen atoms in total. The summed E-state index contributed by atoms with van der Waals surface area (Å²) in [5.41, 5.74) is 1.34. The molecule has 1 aliphatic carbocycles. The Bertz CT molecular complexity index is 734. The average molecular weight is 356 g/mol. The molecule has 0 bridgehead atoms. The van der Waals surface area contributed by atoms with Gasteiger partial charge >= 0.3 is 0 Å². The molecule has 25 heavy (non-hydrogen) atoms. The van der Waals surface area contributed by atoms with Crippen molar-refractivity contribution in [1.29, 1.82) is 0 Å². The van der Waals surface area contributed by atoms with Crippen LogP contribution in [-0.4, -0.2) is 28.9 Å². The summed E-state index contributed by atoms with van der Waals surface area (Å²) in [6, 6.07) is 8.36. The third kappa shape index (κ3) is 3.77. The molecule has 1 spiro atoms. The summed E-state index contributed by atoms with van der Waals surface area (Å²) in [4.78, 5) is 22.0. The highest BCUT2D eigenvalue weighted by atomic mass is 32.1. The molecule has 1 atom stereocenters. The number of amides is 1. The van der Waals surface area contributed by atoms with Crippen molar-refractivity contribution in [2.45, 2.75) is 39.3 Å². The summed E-state index contributed by atoms with van der Waals surface area (Å²) in [6.45, 7) is 6.04. The molecule has 1 saturated heterocycles. The zero-order chi connectivity index (χ0) is 17.3. The van der Waals surface area contributed by atoms with Crippen LogP contribution in [0.25, 0.3) is 0 Å². The van der Waals surface area contributed by atoms with Gasteiger partial charge in [0.25, 0.3) is 0 Å². The van der Waals surface area contributed by atoms with Crippen molar-refractivity contribution in [3.8, 4) is 0 Å². The van der Waals surface area contributed by atoms with Crippen molar-refractivity contribution >= 4 is 17.2 Å². The number of hydrogen-bond acceptors (Lipinski definition) is 4. The lowest BCUT2D eigenvalue weighted by Gasteiger charge is -2.32. The number of aromatic nitrogens is 1. The van der Waals surface area contributed by atoms with Crippen LogP contribution >= 0.6 is 11.3 Å². The Labute approximate surface area is 153 Å². The molecule has 4 rings (SSSR count). The van der Waals surface area contributed by atoms with E-state index in [-0.39, 0.29) is 17.2 Å². The first-order chi connectivity index (χ1) is 12.1. The standard InChI is InChI=1S/C20H25N3OS/c1-15-4-5-17(25-15)14-23-9-6-20(7-10-23)11-18(20)19(24)22-13-16-3-2-8-21-12-16/h2-5,8,12,18H,6-7,9-11,13-14H2,1H3,(H,22,24). The van der Waals surface area contributed by atoms with Gasteiger partial charge in [-0.2, -0.15) is 0 Å². The van der Waals surface area contributed by atoms with Gasteiger partial charge in [0.15, 0.2) is 0 Å². The first-order valence-electron chi connectivity index (χ1n) is 9.09. The molecule has 1 N–H and O–H groups in total. The largest absolute Gasteiger partial charge is 0.352 e. The smallest absolute Gasteiger partial charge is 0.223 e. The lowest BCUT2D eigenvalue weighted by atomic mass is 9.90. The quantitative estimate of drug-likeness (QED) is 0.894. The van der Waals surface area contributed by atoms with Crippen LogP contribution in [0.4, 0.5) is 0 Å². The van der Waals surface area contributed by atoms with E-state index in [1.807, 2.05) is 29.7 Å². The normalized spacial score (nSPS) is 22.0. The maximum absolute atomic E-state index is 12.5. The van der Waals surface area contributed by atoms with Gasteiger partial charge in [-0.25, -0.2) is 0 Å². The molecule has 2 fully saturated rings. The number of carbonyl (C=O) groups is 1. The van der Waals surface area contributed by atoms with E-state index in [2.05, 4.69) is 34.3 Å². The van der Waals surface area contributed by atoms with E-state index in [0.717, 1.165) is 44.5 Å². The summed E-state index contributed by atoms with van der Waals surface area (Å²) in [5, 5.41) is 3.10. The van der Waals surface area contributed by atoms with Crippen LogP contribution in [0, 0.1) is 18.3 Å². The Hall–Kier alpha value is -1.72. The Morgan fingerprint density at radius 1 is 1.36 bits per heavy atom. The fourth-order valence-electron chi connectivity index (χ4n) is 4.03. The summed E-state index contributed by atoms with van der Waals surface area (Å²) in [6.07, 6.45) is 6.95. The fourth-order valence-corrected chi connectivity index (χ4v) is 4.97. The molecule has 132 valence electrons. The van der Waals surface area contributed by atoms with E-state index in [0.29, 0.717) is 6.54 Å². The number of rotatable bonds is 5. The predicted molar refractivity (Wildman–Crippen MR) is 100 cm³/mol. The molecule has 1 saturated carbocycles. The molecule has 1 amide bonds. The number of nitrogens with one attached hydrogen (secondary N) is 1. The fraction of sp³-hybridized carbons (Fsp3) is 0.500. The minimum Gasteiger partial charge on any atom is -0.352 e. The van der Waals surface area contributed by atoms with E-state index >= 15 is 0 Å². The van der Waals surface area contributed by atoms with Gasteiger partial charge in [0.2, 0.25) is 5.91 Å². The maximum atomic E-state index is 12.5. The van der Waals surface area contributed by atoms with Gasteiger partial charge in [-0.05, 0) is 68.5 Å². The van der Waals surface area contributed by atoms with Gasteiger partial charge in [0.1, 0.15) is 0 Å².